The lowest BCUT2D eigenvalue weighted by Crippen LogP contribution is -2.44. The van der Waals surface area contributed by atoms with E-state index in [1.165, 1.54) is 0 Å². The lowest BCUT2D eigenvalue weighted by atomic mass is 10.1. The third kappa shape index (κ3) is 3.85. The van der Waals surface area contributed by atoms with Gasteiger partial charge in [0.1, 0.15) is 5.82 Å². The fraction of sp³-hybridized carbons (Fsp3) is 0.529. The number of carbonyl (C=O) groups excluding carboxylic acids is 1. The average Bonchev–Trinajstić information content (AvgIpc) is 3.02. The third-order valence-corrected chi connectivity index (χ3v) is 4.42. The Morgan fingerprint density at radius 2 is 2.14 bits per heavy atom. The van der Waals surface area contributed by atoms with Gasteiger partial charge >= 0.3 is 0 Å². The predicted molar refractivity (Wildman–Crippen MR) is 89.1 cm³/mol. The highest BCUT2D eigenvalue weighted by molar-refractivity contribution is 5.90. The van der Waals surface area contributed by atoms with Crippen LogP contribution in [0.25, 0.3) is 0 Å². The highest BCUT2D eigenvalue weighted by Crippen LogP contribution is 2.21. The zero-order valence-corrected chi connectivity index (χ0v) is 13.2. The summed E-state index contributed by atoms with van der Waals surface area (Å²) in [4.78, 5) is 21.1. The molecule has 1 N–H and O–H groups in total. The summed E-state index contributed by atoms with van der Waals surface area (Å²) < 4.78 is 0. The number of aromatic nitrogens is 1. The van der Waals surface area contributed by atoms with Crippen molar-refractivity contribution in [1.29, 1.82) is 0 Å². The standard InChI is InChI=1S/C17H24N4O/c1-20-8-10-21(11-9-20)16-7-6-15(13-18-16)19-17(22)12-14-4-2-3-5-14/h2,4,6-7,13-14H,3,5,8-12H2,1H3,(H,19,22). The number of hydrogen-bond acceptors (Lipinski definition) is 4. The van der Waals surface area contributed by atoms with Crippen LogP contribution in [0.15, 0.2) is 30.5 Å². The van der Waals surface area contributed by atoms with E-state index in [0.29, 0.717) is 12.3 Å². The molecule has 22 heavy (non-hydrogen) atoms. The van der Waals surface area contributed by atoms with Gasteiger partial charge in [0.05, 0.1) is 11.9 Å². The van der Waals surface area contributed by atoms with Crippen molar-refractivity contribution in [2.75, 3.05) is 43.4 Å². The molecule has 1 amide bonds. The van der Waals surface area contributed by atoms with Crippen LogP contribution in [0.1, 0.15) is 19.3 Å². The van der Waals surface area contributed by atoms with Crippen LogP contribution in [0.5, 0.6) is 0 Å². The van der Waals surface area contributed by atoms with Gasteiger partial charge in [-0.15, -0.1) is 0 Å². The summed E-state index contributed by atoms with van der Waals surface area (Å²) >= 11 is 0. The smallest absolute Gasteiger partial charge is 0.225 e. The number of allylic oxidation sites excluding steroid dienone is 2. The number of nitrogens with zero attached hydrogens (tertiary/aromatic N) is 3. The van der Waals surface area contributed by atoms with Crippen LogP contribution in [-0.4, -0.2) is 49.0 Å². The Balaban J connectivity index is 1.52. The topological polar surface area (TPSA) is 48.5 Å². The zero-order chi connectivity index (χ0) is 15.4. The summed E-state index contributed by atoms with van der Waals surface area (Å²) in [7, 11) is 2.14. The molecule has 0 bridgehead atoms. The Morgan fingerprint density at radius 3 is 2.77 bits per heavy atom. The van der Waals surface area contributed by atoms with Gasteiger partial charge in [0.2, 0.25) is 5.91 Å². The number of rotatable bonds is 4. The molecule has 0 radical (unpaired) electrons. The molecular formula is C17H24N4O. The monoisotopic (exact) mass is 300 g/mol. The lowest BCUT2D eigenvalue weighted by molar-refractivity contribution is -0.116. The first-order chi connectivity index (χ1) is 10.7. The van der Waals surface area contributed by atoms with E-state index < -0.39 is 0 Å². The van der Waals surface area contributed by atoms with Crippen molar-refractivity contribution < 1.29 is 4.79 Å². The Labute approximate surface area is 132 Å². The molecule has 5 heteroatoms. The van der Waals surface area contributed by atoms with Crippen molar-refractivity contribution in [3.8, 4) is 0 Å². The first-order valence-electron chi connectivity index (χ1n) is 8.07. The number of likely N-dealkylation sites (N-methyl/N-ethyl adjacent to an activating group) is 1. The van der Waals surface area contributed by atoms with E-state index in [2.05, 4.69) is 39.3 Å². The predicted octanol–water partition coefficient (Wildman–Crippen LogP) is 2.13. The highest BCUT2D eigenvalue weighted by atomic mass is 16.1. The van der Waals surface area contributed by atoms with Gasteiger partial charge in [-0.1, -0.05) is 12.2 Å². The average molecular weight is 300 g/mol. The molecule has 1 aliphatic carbocycles. The Hall–Kier alpha value is -1.88. The van der Waals surface area contributed by atoms with E-state index in [0.717, 1.165) is 50.5 Å². The van der Waals surface area contributed by atoms with E-state index in [4.69, 9.17) is 0 Å². The van der Waals surface area contributed by atoms with Gasteiger partial charge in [0, 0.05) is 32.6 Å². The zero-order valence-electron chi connectivity index (χ0n) is 13.2. The van der Waals surface area contributed by atoms with E-state index in [1.807, 2.05) is 12.1 Å². The van der Waals surface area contributed by atoms with Crippen molar-refractivity contribution in [3.63, 3.8) is 0 Å². The first-order valence-corrected chi connectivity index (χ1v) is 8.07. The van der Waals surface area contributed by atoms with Crippen LogP contribution in [0.4, 0.5) is 11.5 Å². The second kappa shape index (κ2) is 6.92. The van der Waals surface area contributed by atoms with Gasteiger partial charge in [0.25, 0.3) is 0 Å². The van der Waals surface area contributed by atoms with Gasteiger partial charge in [-0.2, -0.15) is 0 Å². The normalized spacial score (nSPS) is 22.0. The van der Waals surface area contributed by atoms with E-state index >= 15 is 0 Å². The molecule has 2 aliphatic rings. The maximum Gasteiger partial charge on any atom is 0.225 e. The van der Waals surface area contributed by atoms with Crippen LogP contribution in [0.3, 0.4) is 0 Å². The maximum absolute atomic E-state index is 12.0. The van der Waals surface area contributed by atoms with Crippen LogP contribution >= 0.6 is 0 Å². The molecule has 1 aromatic rings. The summed E-state index contributed by atoms with van der Waals surface area (Å²) in [5.41, 5.74) is 0.782. The number of carbonyl (C=O) groups is 1. The van der Waals surface area contributed by atoms with Crippen molar-refractivity contribution in [1.82, 2.24) is 9.88 Å². The molecular weight excluding hydrogens is 276 g/mol. The van der Waals surface area contributed by atoms with Crippen LogP contribution in [0, 0.1) is 5.92 Å². The number of amides is 1. The Morgan fingerprint density at radius 1 is 1.32 bits per heavy atom. The SMILES string of the molecule is CN1CCN(c2ccc(NC(=O)CC3C=CCC3)cn2)CC1. The summed E-state index contributed by atoms with van der Waals surface area (Å²) in [5, 5.41) is 2.94. The number of nitrogens with one attached hydrogen (secondary N) is 1. The van der Waals surface area contributed by atoms with Crippen LogP contribution < -0.4 is 10.2 Å². The molecule has 1 fully saturated rings. The van der Waals surface area contributed by atoms with Gasteiger partial charge in [-0.05, 0) is 37.9 Å². The van der Waals surface area contributed by atoms with Crippen molar-refractivity contribution >= 4 is 17.4 Å². The molecule has 5 nitrogen and oxygen atoms in total. The van der Waals surface area contributed by atoms with Gasteiger partial charge < -0.3 is 15.1 Å². The summed E-state index contributed by atoms with van der Waals surface area (Å²) in [5.74, 6) is 1.47. The number of anilines is 2. The second-order valence-corrected chi connectivity index (χ2v) is 6.21. The quantitative estimate of drug-likeness (QED) is 0.866. The molecule has 2 heterocycles. The Kier molecular flexibility index (Phi) is 4.73. The molecule has 1 aromatic heterocycles. The second-order valence-electron chi connectivity index (χ2n) is 6.21. The lowest BCUT2D eigenvalue weighted by Gasteiger charge is -2.33. The molecule has 3 rings (SSSR count). The number of hydrogen-bond donors (Lipinski definition) is 1. The largest absolute Gasteiger partial charge is 0.354 e. The van der Waals surface area contributed by atoms with Crippen LogP contribution in [-0.2, 0) is 4.79 Å². The van der Waals surface area contributed by atoms with Crippen molar-refractivity contribution in [2.45, 2.75) is 19.3 Å². The van der Waals surface area contributed by atoms with E-state index in [-0.39, 0.29) is 5.91 Å². The van der Waals surface area contributed by atoms with Crippen molar-refractivity contribution in [3.05, 3.63) is 30.5 Å². The van der Waals surface area contributed by atoms with E-state index in [9.17, 15) is 4.79 Å². The number of piperazine rings is 1. The molecule has 118 valence electrons. The fourth-order valence-electron chi connectivity index (χ4n) is 3.00. The summed E-state index contributed by atoms with van der Waals surface area (Å²) in [6, 6.07) is 3.94. The summed E-state index contributed by atoms with van der Waals surface area (Å²) in [6.07, 6.45) is 8.82. The molecule has 0 spiro atoms. The minimum absolute atomic E-state index is 0.0747. The first kappa shape index (κ1) is 15.0. The minimum Gasteiger partial charge on any atom is -0.354 e. The summed E-state index contributed by atoms with van der Waals surface area (Å²) in [6.45, 7) is 4.14. The van der Waals surface area contributed by atoms with Gasteiger partial charge in [-0.3, -0.25) is 4.79 Å². The number of pyridine rings is 1. The van der Waals surface area contributed by atoms with Gasteiger partial charge in [0.15, 0.2) is 0 Å². The van der Waals surface area contributed by atoms with Crippen molar-refractivity contribution in [2.24, 2.45) is 5.92 Å². The minimum atomic E-state index is 0.0747. The molecule has 1 unspecified atom stereocenters. The molecule has 0 saturated carbocycles. The molecule has 1 aliphatic heterocycles. The third-order valence-electron chi connectivity index (χ3n) is 4.42. The molecule has 0 aromatic carbocycles. The molecule has 1 saturated heterocycles. The van der Waals surface area contributed by atoms with Crippen LogP contribution in [0.2, 0.25) is 0 Å². The Bertz CT molecular complexity index is 532. The highest BCUT2D eigenvalue weighted by Gasteiger charge is 2.16. The van der Waals surface area contributed by atoms with E-state index in [1.54, 1.807) is 6.20 Å². The maximum atomic E-state index is 12.0. The fourth-order valence-corrected chi connectivity index (χ4v) is 3.00. The molecule has 1 atom stereocenters. The van der Waals surface area contributed by atoms with Gasteiger partial charge in [-0.25, -0.2) is 4.98 Å².